The summed E-state index contributed by atoms with van der Waals surface area (Å²) in [5.74, 6) is 1.51. The molecule has 1 unspecified atom stereocenters. The van der Waals surface area contributed by atoms with Crippen molar-refractivity contribution in [1.82, 2.24) is 15.5 Å². The lowest BCUT2D eigenvalue weighted by Gasteiger charge is -2.36. The van der Waals surface area contributed by atoms with Crippen LogP contribution in [-0.2, 0) is 4.74 Å². The van der Waals surface area contributed by atoms with Gasteiger partial charge in [-0.1, -0.05) is 26.0 Å². The van der Waals surface area contributed by atoms with Crippen molar-refractivity contribution < 1.29 is 4.74 Å². The highest BCUT2D eigenvalue weighted by Crippen LogP contribution is 2.13. The standard InChI is InChI=1S/C17H34N4O/c1-5-7-8-9-19-17(18-6-2)20-14-16(15(3)4)21-10-12-22-13-11-21/h5,7,15-16H,6,8-14H2,1-4H3,(H2,18,19,20). The molecule has 128 valence electrons. The minimum absolute atomic E-state index is 0.481. The molecule has 0 radical (unpaired) electrons. The molecule has 0 aliphatic carbocycles. The summed E-state index contributed by atoms with van der Waals surface area (Å²) in [4.78, 5) is 7.31. The zero-order valence-corrected chi connectivity index (χ0v) is 14.8. The first-order valence-corrected chi connectivity index (χ1v) is 8.64. The van der Waals surface area contributed by atoms with Gasteiger partial charge < -0.3 is 15.4 Å². The molecule has 0 bridgehead atoms. The van der Waals surface area contributed by atoms with E-state index >= 15 is 0 Å². The van der Waals surface area contributed by atoms with Gasteiger partial charge in [-0.25, -0.2) is 0 Å². The van der Waals surface area contributed by atoms with Gasteiger partial charge in [0.1, 0.15) is 0 Å². The summed E-state index contributed by atoms with van der Waals surface area (Å²) in [6, 6.07) is 0.481. The molecule has 0 amide bonds. The predicted octanol–water partition coefficient (Wildman–Crippen LogP) is 1.86. The molecule has 1 rings (SSSR count). The molecular formula is C17H34N4O. The second-order valence-corrected chi connectivity index (χ2v) is 5.96. The first-order valence-electron chi connectivity index (χ1n) is 8.64. The number of nitrogens with one attached hydrogen (secondary N) is 2. The van der Waals surface area contributed by atoms with E-state index in [1.54, 1.807) is 0 Å². The molecule has 1 fully saturated rings. The highest BCUT2D eigenvalue weighted by atomic mass is 16.5. The number of rotatable bonds is 8. The van der Waals surface area contributed by atoms with Crippen LogP contribution < -0.4 is 10.6 Å². The van der Waals surface area contributed by atoms with Gasteiger partial charge in [0.05, 0.1) is 19.8 Å². The van der Waals surface area contributed by atoms with Crippen molar-refractivity contribution in [2.45, 2.75) is 40.2 Å². The topological polar surface area (TPSA) is 48.9 Å². The van der Waals surface area contributed by atoms with Crippen LogP contribution in [0.4, 0.5) is 0 Å². The van der Waals surface area contributed by atoms with Gasteiger partial charge in [0, 0.05) is 32.2 Å². The fourth-order valence-electron chi connectivity index (χ4n) is 2.62. The lowest BCUT2D eigenvalue weighted by molar-refractivity contribution is 0.00867. The summed E-state index contributed by atoms with van der Waals surface area (Å²) >= 11 is 0. The van der Waals surface area contributed by atoms with Crippen molar-refractivity contribution in [3.8, 4) is 0 Å². The minimum Gasteiger partial charge on any atom is -0.379 e. The van der Waals surface area contributed by atoms with Crippen LogP contribution >= 0.6 is 0 Å². The van der Waals surface area contributed by atoms with Gasteiger partial charge in [0.25, 0.3) is 0 Å². The van der Waals surface area contributed by atoms with Crippen molar-refractivity contribution in [2.24, 2.45) is 10.9 Å². The average molecular weight is 310 g/mol. The van der Waals surface area contributed by atoms with Crippen LogP contribution in [0, 0.1) is 5.92 Å². The molecule has 22 heavy (non-hydrogen) atoms. The van der Waals surface area contributed by atoms with E-state index in [9.17, 15) is 0 Å². The van der Waals surface area contributed by atoms with E-state index in [0.29, 0.717) is 12.0 Å². The Morgan fingerprint density at radius 3 is 2.59 bits per heavy atom. The maximum absolute atomic E-state index is 5.46. The van der Waals surface area contributed by atoms with Crippen LogP contribution in [0.1, 0.15) is 34.1 Å². The first kappa shape index (κ1) is 19.0. The predicted molar refractivity (Wildman–Crippen MR) is 94.4 cm³/mol. The normalized spacial score (nSPS) is 18.9. The first-order chi connectivity index (χ1) is 10.7. The van der Waals surface area contributed by atoms with Gasteiger partial charge in [-0.05, 0) is 26.2 Å². The smallest absolute Gasteiger partial charge is 0.191 e. The van der Waals surface area contributed by atoms with Gasteiger partial charge in [-0.15, -0.1) is 0 Å². The SMILES string of the molecule is CC=CCCNC(=NCC(C(C)C)N1CCOCC1)NCC. The molecule has 5 heteroatoms. The maximum atomic E-state index is 5.46. The van der Waals surface area contributed by atoms with Crippen LogP contribution in [0.3, 0.4) is 0 Å². The molecular weight excluding hydrogens is 276 g/mol. The van der Waals surface area contributed by atoms with E-state index in [1.165, 1.54) is 0 Å². The molecule has 1 saturated heterocycles. The average Bonchev–Trinajstić information content (AvgIpc) is 2.52. The molecule has 0 aromatic carbocycles. The quantitative estimate of drug-likeness (QED) is 0.311. The molecule has 0 aromatic heterocycles. The molecule has 1 atom stereocenters. The number of aliphatic imine (C=N–C) groups is 1. The highest BCUT2D eigenvalue weighted by Gasteiger charge is 2.23. The molecule has 1 heterocycles. The number of hydrogen-bond donors (Lipinski definition) is 2. The Kier molecular flexibility index (Phi) is 9.91. The summed E-state index contributed by atoms with van der Waals surface area (Å²) in [5, 5.41) is 6.73. The Morgan fingerprint density at radius 2 is 2.00 bits per heavy atom. The molecule has 0 spiro atoms. The van der Waals surface area contributed by atoms with E-state index in [0.717, 1.165) is 58.3 Å². The molecule has 2 N–H and O–H groups in total. The van der Waals surface area contributed by atoms with E-state index in [1.807, 2.05) is 0 Å². The van der Waals surface area contributed by atoms with Gasteiger partial charge in [-0.2, -0.15) is 0 Å². The maximum Gasteiger partial charge on any atom is 0.191 e. The highest BCUT2D eigenvalue weighted by molar-refractivity contribution is 5.79. The fraction of sp³-hybridized carbons (Fsp3) is 0.824. The molecule has 5 nitrogen and oxygen atoms in total. The van der Waals surface area contributed by atoms with Gasteiger partial charge >= 0.3 is 0 Å². The number of allylic oxidation sites excluding steroid dienone is 1. The number of ether oxygens (including phenoxy) is 1. The van der Waals surface area contributed by atoms with Crippen LogP contribution in [-0.4, -0.2) is 62.8 Å². The van der Waals surface area contributed by atoms with Gasteiger partial charge in [0.15, 0.2) is 5.96 Å². The third-order valence-electron chi connectivity index (χ3n) is 3.90. The minimum atomic E-state index is 0.481. The fourth-order valence-corrected chi connectivity index (χ4v) is 2.62. The van der Waals surface area contributed by atoms with Crippen LogP contribution in [0.2, 0.25) is 0 Å². The Balaban J connectivity index is 2.55. The summed E-state index contributed by atoms with van der Waals surface area (Å²) < 4.78 is 5.46. The van der Waals surface area contributed by atoms with Gasteiger partial charge in [-0.3, -0.25) is 9.89 Å². The zero-order chi connectivity index (χ0) is 16.2. The lowest BCUT2D eigenvalue weighted by atomic mass is 10.0. The molecule has 1 aliphatic rings. The Morgan fingerprint density at radius 1 is 1.27 bits per heavy atom. The summed E-state index contributed by atoms with van der Waals surface area (Å²) in [5.41, 5.74) is 0. The Labute approximate surface area is 136 Å². The largest absolute Gasteiger partial charge is 0.379 e. The monoisotopic (exact) mass is 310 g/mol. The van der Waals surface area contributed by atoms with E-state index in [2.05, 4.69) is 55.4 Å². The van der Waals surface area contributed by atoms with Gasteiger partial charge in [0.2, 0.25) is 0 Å². The zero-order valence-electron chi connectivity index (χ0n) is 14.8. The molecule has 1 aliphatic heterocycles. The number of hydrogen-bond acceptors (Lipinski definition) is 3. The molecule has 0 aromatic rings. The molecule has 0 saturated carbocycles. The Hall–Kier alpha value is -1.07. The van der Waals surface area contributed by atoms with Crippen LogP contribution in [0.25, 0.3) is 0 Å². The third-order valence-corrected chi connectivity index (χ3v) is 3.90. The third kappa shape index (κ3) is 7.27. The van der Waals surface area contributed by atoms with Crippen molar-refractivity contribution >= 4 is 5.96 Å². The Bertz CT molecular complexity index is 336. The van der Waals surface area contributed by atoms with E-state index in [4.69, 9.17) is 9.73 Å². The second kappa shape index (κ2) is 11.5. The number of morpholine rings is 1. The van der Waals surface area contributed by atoms with Crippen molar-refractivity contribution in [3.05, 3.63) is 12.2 Å². The van der Waals surface area contributed by atoms with E-state index in [-0.39, 0.29) is 0 Å². The number of nitrogens with zero attached hydrogens (tertiary/aromatic N) is 2. The summed E-state index contributed by atoms with van der Waals surface area (Å²) in [6.07, 6.45) is 5.28. The van der Waals surface area contributed by atoms with Crippen molar-refractivity contribution in [3.63, 3.8) is 0 Å². The lowest BCUT2D eigenvalue weighted by Crippen LogP contribution is -2.48. The summed E-state index contributed by atoms with van der Waals surface area (Å²) in [7, 11) is 0. The summed E-state index contributed by atoms with van der Waals surface area (Å²) in [6.45, 7) is 15.1. The second-order valence-electron chi connectivity index (χ2n) is 5.96. The van der Waals surface area contributed by atoms with Crippen LogP contribution in [0.15, 0.2) is 17.1 Å². The number of guanidine groups is 1. The van der Waals surface area contributed by atoms with E-state index < -0.39 is 0 Å². The van der Waals surface area contributed by atoms with Crippen molar-refractivity contribution in [2.75, 3.05) is 45.9 Å². The van der Waals surface area contributed by atoms with Crippen LogP contribution in [0.5, 0.6) is 0 Å². The van der Waals surface area contributed by atoms with Crippen molar-refractivity contribution in [1.29, 1.82) is 0 Å².